The van der Waals surface area contributed by atoms with Gasteiger partial charge in [-0.25, -0.2) is 9.96 Å². The minimum atomic E-state index is -1.05. The Morgan fingerprint density at radius 3 is 2.43 bits per heavy atom. The first-order valence-corrected chi connectivity index (χ1v) is 12.4. The van der Waals surface area contributed by atoms with Crippen molar-refractivity contribution in [3.05, 3.63) is 80.7 Å². The zero-order chi connectivity index (χ0) is 24.9. The maximum Gasteiger partial charge on any atom is 0.266 e. The lowest BCUT2D eigenvalue weighted by molar-refractivity contribution is -0.126. The van der Waals surface area contributed by atoms with Crippen LogP contribution in [-0.4, -0.2) is 29.6 Å². The number of para-hydroxylation sites is 1. The summed E-state index contributed by atoms with van der Waals surface area (Å²) in [5.74, 6) is -1.58. The van der Waals surface area contributed by atoms with Crippen LogP contribution in [0.25, 0.3) is 0 Å². The van der Waals surface area contributed by atoms with Crippen molar-refractivity contribution in [3.63, 3.8) is 0 Å². The Kier molecular flexibility index (Phi) is 6.40. The van der Waals surface area contributed by atoms with E-state index in [4.69, 9.17) is 32.8 Å². The molecule has 2 aliphatic heterocycles. The summed E-state index contributed by atoms with van der Waals surface area (Å²) in [6.45, 7) is 2.14. The standard InChI is InChI=1S/C25H19BrCl2N2O5/c1-2-34-19-11-13(10-16(26)22(19)31)21-20-23(35-30(21)14-6-4-3-5-7-14)25(33)29(24(20)32)15-8-9-17(27)18(28)12-15/h3-12,20-21,23,31H,2H2,1H3/t20-,21-,23+/m1/s1. The third-order valence-electron chi connectivity index (χ3n) is 5.98. The van der Waals surface area contributed by atoms with Crippen LogP contribution in [0.15, 0.2) is 65.1 Å². The Morgan fingerprint density at radius 2 is 1.74 bits per heavy atom. The fourth-order valence-corrected chi connectivity index (χ4v) is 5.21. The van der Waals surface area contributed by atoms with Crippen molar-refractivity contribution in [2.45, 2.75) is 19.1 Å². The van der Waals surface area contributed by atoms with E-state index in [0.717, 1.165) is 4.90 Å². The second-order valence-corrected chi connectivity index (χ2v) is 9.72. The van der Waals surface area contributed by atoms with Crippen LogP contribution >= 0.6 is 39.1 Å². The maximum atomic E-state index is 13.7. The molecule has 5 rings (SSSR count). The van der Waals surface area contributed by atoms with Crippen LogP contribution in [0.1, 0.15) is 18.5 Å². The minimum Gasteiger partial charge on any atom is -0.503 e. The van der Waals surface area contributed by atoms with E-state index in [1.54, 1.807) is 30.2 Å². The molecule has 2 aliphatic rings. The molecule has 0 radical (unpaired) electrons. The van der Waals surface area contributed by atoms with Gasteiger partial charge in [-0.05, 0) is 70.9 Å². The lowest BCUT2D eigenvalue weighted by atomic mass is 9.90. The van der Waals surface area contributed by atoms with Gasteiger partial charge in [0.15, 0.2) is 17.6 Å². The SMILES string of the molecule is CCOc1cc([C@@H]2[C@H]3C(=O)N(c4ccc(Cl)c(Cl)c4)C(=O)[C@H]3ON2c2ccccc2)cc(Br)c1O. The molecule has 2 amide bonds. The number of anilines is 2. The van der Waals surface area contributed by atoms with Crippen molar-refractivity contribution >= 4 is 62.3 Å². The quantitative estimate of drug-likeness (QED) is 0.380. The molecule has 3 aromatic carbocycles. The predicted molar refractivity (Wildman–Crippen MR) is 136 cm³/mol. The van der Waals surface area contributed by atoms with Crippen molar-refractivity contribution in [2.24, 2.45) is 5.92 Å². The van der Waals surface area contributed by atoms with Crippen LogP contribution in [0.4, 0.5) is 11.4 Å². The number of imide groups is 1. The molecule has 2 saturated heterocycles. The Balaban J connectivity index is 1.62. The summed E-state index contributed by atoms with van der Waals surface area (Å²) in [6, 6.07) is 16.5. The Labute approximate surface area is 219 Å². The van der Waals surface area contributed by atoms with E-state index in [9.17, 15) is 14.7 Å². The van der Waals surface area contributed by atoms with Gasteiger partial charge in [-0.2, -0.15) is 0 Å². The first-order chi connectivity index (χ1) is 16.8. The van der Waals surface area contributed by atoms with Crippen molar-refractivity contribution in [2.75, 3.05) is 16.6 Å². The smallest absolute Gasteiger partial charge is 0.266 e. The molecule has 180 valence electrons. The Hall–Kier alpha value is -2.78. The summed E-state index contributed by atoms with van der Waals surface area (Å²) in [5, 5.41) is 12.6. The average molecular weight is 578 g/mol. The molecular formula is C25H19BrCl2N2O5. The molecule has 0 saturated carbocycles. The number of amides is 2. The van der Waals surface area contributed by atoms with Crippen molar-refractivity contribution in [3.8, 4) is 11.5 Å². The van der Waals surface area contributed by atoms with Gasteiger partial charge in [-0.3, -0.25) is 14.4 Å². The fraction of sp³-hybridized carbons (Fsp3) is 0.200. The number of hydrogen-bond donors (Lipinski definition) is 1. The third-order valence-corrected chi connectivity index (χ3v) is 7.32. The number of fused-ring (bicyclic) bond motifs is 1. The number of benzene rings is 3. The van der Waals surface area contributed by atoms with Gasteiger partial charge in [0.1, 0.15) is 5.92 Å². The highest BCUT2D eigenvalue weighted by molar-refractivity contribution is 9.10. The maximum absolute atomic E-state index is 13.7. The van der Waals surface area contributed by atoms with Gasteiger partial charge >= 0.3 is 0 Å². The molecule has 1 N–H and O–H groups in total. The first-order valence-electron chi connectivity index (χ1n) is 10.8. The number of halogens is 3. The van der Waals surface area contributed by atoms with Crippen LogP contribution in [0.3, 0.4) is 0 Å². The summed E-state index contributed by atoms with van der Waals surface area (Å²) < 4.78 is 6.00. The van der Waals surface area contributed by atoms with Gasteiger partial charge in [-0.1, -0.05) is 41.4 Å². The molecule has 7 nitrogen and oxygen atoms in total. The predicted octanol–water partition coefficient (Wildman–Crippen LogP) is 5.91. The topological polar surface area (TPSA) is 79.3 Å². The molecule has 0 unspecified atom stereocenters. The lowest BCUT2D eigenvalue weighted by Crippen LogP contribution is -2.37. The van der Waals surface area contributed by atoms with Gasteiger partial charge in [0.25, 0.3) is 5.91 Å². The van der Waals surface area contributed by atoms with Crippen LogP contribution < -0.4 is 14.7 Å². The van der Waals surface area contributed by atoms with Gasteiger partial charge < -0.3 is 9.84 Å². The molecule has 2 heterocycles. The van der Waals surface area contributed by atoms with Crippen molar-refractivity contribution in [1.82, 2.24) is 0 Å². The molecule has 0 spiro atoms. The van der Waals surface area contributed by atoms with Crippen LogP contribution in [-0.2, 0) is 14.4 Å². The third kappa shape index (κ3) is 4.04. The monoisotopic (exact) mass is 576 g/mol. The van der Waals surface area contributed by atoms with E-state index in [2.05, 4.69) is 15.9 Å². The second-order valence-electron chi connectivity index (χ2n) is 8.05. The van der Waals surface area contributed by atoms with Crippen LogP contribution in [0.5, 0.6) is 11.5 Å². The number of phenols is 1. The zero-order valence-corrected chi connectivity index (χ0v) is 21.4. The number of ether oxygens (including phenoxy) is 1. The zero-order valence-electron chi connectivity index (χ0n) is 18.3. The molecule has 0 aromatic heterocycles. The Morgan fingerprint density at radius 1 is 1.00 bits per heavy atom. The van der Waals surface area contributed by atoms with E-state index < -0.39 is 29.9 Å². The highest BCUT2D eigenvalue weighted by Crippen LogP contribution is 2.50. The van der Waals surface area contributed by atoms with Crippen molar-refractivity contribution in [1.29, 1.82) is 0 Å². The molecule has 3 aromatic rings. The summed E-state index contributed by atoms with van der Waals surface area (Å²) >= 11 is 15.6. The largest absolute Gasteiger partial charge is 0.503 e. The first kappa shape index (κ1) is 23.9. The molecule has 2 fully saturated rings. The number of carbonyl (C=O) groups is 2. The highest BCUT2D eigenvalue weighted by Gasteiger charge is 2.60. The molecule has 0 aliphatic carbocycles. The number of nitrogens with zero attached hydrogens (tertiary/aromatic N) is 2. The molecule has 0 bridgehead atoms. The van der Waals surface area contributed by atoms with E-state index in [1.807, 2.05) is 30.3 Å². The molecular weight excluding hydrogens is 559 g/mol. The number of carbonyl (C=O) groups excluding carboxylic acids is 2. The van der Waals surface area contributed by atoms with Crippen LogP contribution in [0.2, 0.25) is 10.0 Å². The second kappa shape index (κ2) is 9.35. The highest BCUT2D eigenvalue weighted by atomic mass is 79.9. The van der Waals surface area contributed by atoms with Gasteiger partial charge in [0.05, 0.1) is 38.5 Å². The van der Waals surface area contributed by atoms with Gasteiger partial charge in [0, 0.05) is 0 Å². The molecule has 3 atom stereocenters. The summed E-state index contributed by atoms with van der Waals surface area (Å²) in [6.07, 6.45) is -1.05. The summed E-state index contributed by atoms with van der Waals surface area (Å²) in [5.41, 5.74) is 1.63. The fourth-order valence-electron chi connectivity index (χ4n) is 4.46. The number of hydrogen-bond acceptors (Lipinski definition) is 6. The van der Waals surface area contributed by atoms with E-state index in [-0.39, 0.29) is 16.5 Å². The number of phenolic OH excluding ortho intramolecular Hbond substituents is 1. The van der Waals surface area contributed by atoms with Crippen LogP contribution in [0, 0.1) is 5.92 Å². The number of hydroxylamine groups is 1. The molecule has 35 heavy (non-hydrogen) atoms. The Bertz CT molecular complexity index is 1320. The lowest BCUT2D eigenvalue weighted by Gasteiger charge is -2.29. The summed E-state index contributed by atoms with van der Waals surface area (Å²) in [7, 11) is 0. The van der Waals surface area contributed by atoms with Gasteiger partial charge in [0.2, 0.25) is 5.91 Å². The summed E-state index contributed by atoms with van der Waals surface area (Å²) in [4.78, 5) is 34.4. The number of aromatic hydroxyl groups is 1. The minimum absolute atomic E-state index is 0.0522. The normalized spacial score (nSPS) is 21.5. The van der Waals surface area contributed by atoms with E-state index >= 15 is 0 Å². The molecule has 10 heteroatoms. The van der Waals surface area contributed by atoms with E-state index in [1.165, 1.54) is 12.1 Å². The number of rotatable bonds is 5. The average Bonchev–Trinajstić information content (AvgIpc) is 3.35. The van der Waals surface area contributed by atoms with E-state index in [0.29, 0.717) is 33.0 Å². The van der Waals surface area contributed by atoms with Crippen molar-refractivity contribution < 1.29 is 24.3 Å². The van der Waals surface area contributed by atoms with Gasteiger partial charge in [-0.15, -0.1) is 0 Å².